The topological polar surface area (TPSA) is 49.8 Å². The minimum absolute atomic E-state index is 0.373. The first-order chi connectivity index (χ1) is 14.1. The van der Waals surface area contributed by atoms with Crippen LogP contribution in [0, 0.1) is 0 Å². The van der Waals surface area contributed by atoms with Crippen molar-refractivity contribution >= 4 is 5.97 Å². The Hall–Kier alpha value is -3.11. The summed E-state index contributed by atoms with van der Waals surface area (Å²) in [6.07, 6.45) is 1.30. The Balaban J connectivity index is 1.50. The standard InChI is InChI=1S/C25H25NO3/c27-24(28)25(16-7-17-26(19-25)18-20-8-3-1-4-9-20)29-23-14-12-22(13-15-23)21-10-5-2-6-11-21/h1-6,8-15H,7,16-19H2,(H,27,28)/t25-/m0/s1. The summed E-state index contributed by atoms with van der Waals surface area (Å²) >= 11 is 0. The Labute approximate surface area is 171 Å². The van der Waals surface area contributed by atoms with E-state index in [-0.39, 0.29) is 0 Å². The number of aliphatic carboxylic acids is 1. The van der Waals surface area contributed by atoms with E-state index in [9.17, 15) is 9.90 Å². The van der Waals surface area contributed by atoms with Gasteiger partial charge in [-0.1, -0.05) is 72.8 Å². The molecule has 4 rings (SSSR count). The van der Waals surface area contributed by atoms with Gasteiger partial charge in [0.05, 0.1) is 0 Å². The summed E-state index contributed by atoms with van der Waals surface area (Å²) in [5.74, 6) is -0.309. The van der Waals surface area contributed by atoms with Crippen LogP contribution in [0.15, 0.2) is 84.9 Å². The van der Waals surface area contributed by atoms with Crippen LogP contribution in [0.3, 0.4) is 0 Å². The van der Waals surface area contributed by atoms with E-state index in [1.54, 1.807) is 0 Å². The van der Waals surface area contributed by atoms with Gasteiger partial charge in [0, 0.05) is 19.5 Å². The Morgan fingerprint density at radius 3 is 2.17 bits per heavy atom. The van der Waals surface area contributed by atoms with E-state index in [4.69, 9.17) is 4.74 Å². The van der Waals surface area contributed by atoms with Crippen LogP contribution in [0.2, 0.25) is 0 Å². The Bertz CT molecular complexity index is 941. The number of benzene rings is 3. The van der Waals surface area contributed by atoms with Crippen molar-refractivity contribution in [3.63, 3.8) is 0 Å². The first-order valence-electron chi connectivity index (χ1n) is 9.99. The van der Waals surface area contributed by atoms with Gasteiger partial charge in [-0.2, -0.15) is 0 Å². The summed E-state index contributed by atoms with van der Waals surface area (Å²) in [5, 5.41) is 10.0. The number of hydrogen-bond donors (Lipinski definition) is 1. The molecule has 1 aliphatic rings. The molecule has 1 heterocycles. The van der Waals surface area contributed by atoms with E-state index in [0.717, 1.165) is 30.6 Å². The first-order valence-corrected chi connectivity index (χ1v) is 9.99. The summed E-state index contributed by atoms with van der Waals surface area (Å²) in [4.78, 5) is 14.4. The first kappa shape index (κ1) is 19.2. The molecule has 0 aromatic heterocycles. The summed E-state index contributed by atoms with van der Waals surface area (Å²) in [6.45, 7) is 1.98. The van der Waals surface area contributed by atoms with Gasteiger partial charge in [0.2, 0.25) is 5.60 Å². The molecule has 3 aromatic carbocycles. The van der Waals surface area contributed by atoms with Crippen LogP contribution >= 0.6 is 0 Å². The summed E-state index contributed by atoms with van der Waals surface area (Å²) in [7, 11) is 0. The highest BCUT2D eigenvalue weighted by atomic mass is 16.5. The molecule has 1 N–H and O–H groups in total. The van der Waals surface area contributed by atoms with Gasteiger partial charge < -0.3 is 9.84 Å². The number of carboxylic acid groups (broad SMARTS) is 1. The lowest BCUT2D eigenvalue weighted by Gasteiger charge is -2.39. The number of carbonyl (C=O) groups is 1. The fraction of sp³-hybridized carbons (Fsp3) is 0.240. The zero-order chi connectivity index (χ0) is 20.1. The maximum Gasteiger partial charge on any atom is 0.349 e. The monoisotopic (exact) mass is 387 g/mol. The lowest BCUT2D eigenvalue weighted by atomic mass is 9.92. The quantitative estimate of drug-likeness (QED) is 0.657. The largest absolute Gasteiger partial charge is 0.478 e. The van der Waals surface area contributed by atoms with Crippen molar-refractivity contribution in [1.29, 1.82) is 0 Å². The number of nitrogens with zero attached hydrogens (tertiary/aromatic N) is 1. The van der Waals surface area contributed by atoms with Crippen LogP contribution < -0.4 is 4.74 Å². The van der Waals surface area contributed by atoms with Crippen molar-refractivity contribution in [3.05, 3.63) is 90.5 Å². The van der Waals surface area contributed by atoms with Gasteiger partial charge in [0.1, 0.15) is 5.75 Å². The molecule has 0 saturated carbocycles. The molecule has 3 aromatic rings. The molecule has 148 valence electrons. The van der Waals surface area contributed by atoms with Gasteiger partial charge in [-0.3, -0.25) is 4.90 Å². The Kier molecular flexibility index (Phi) is 5.63. The van der Waals surface area contributed by atoms with Crippen molar-refractivity contribution in [3.8, 4) is 16.9 Å². The summed E-state index contributed by atoms with van der Waals surface area (Å²) in [5.41, 5.74) is 2.16. The fourth-order valence-electron chi connectivity index (χ4n) is 3.96. The summed E-state index contributed by atoms with van der Waals surface area (Å²) < 4.78 is 6.12. The van der Waals surface area contributed by atoms with Crippen LogP contribution in [0.1, 0.15) is 18.4 Å². The maximum absolute atomic E-state index is 12.2. The smallest absolute Gasteiger partial charge is 0.349 e. The number of carboxylic acids is 1. The average molecular weight is 387 g/mol. The van der Waals surface area contributed by atoms with Crippen molar-refractivity contribution in [2.24, 2.45) is 0 Å². The van der Waals surface area contributed by atoms with Gasteiger partial charge in [0.25, 0.3) is 0 Å². The van der Waals surface area contributed by atoms with Gasteiger partial charge in [0.15, 0.2) is 0 Å². The highest BCUT2D eigenvalue weighted by Crippen LogP contribution is 2.30. The zero-order valence-electron chi connectivity index (χ0n) is 16.3. The molecule has 0 amide bonds. The number of ether oxygens (including phenoxy) is 1. The molecule has 0 spiro atoms. The lowest BCUT2D eigenvalue weighted by molar-refractivity contribution is -0.160. The molecule has 0 bridgehead atoms. The van der Waals surface area contributed by atoms with E-state index < -0.39 is 11.6 Å². The lowest BCUT2D eigenvalue weighted by Crippen LogP contribution is -2.56. The highest BCUT2D eigenvalue weighted by molar-refractivity contribution is 5.78. The number of likely N-dealkylation sites (tertiary alicyclic amines) is 1. The predicted octanol–water partition coefficient (Wildman–Crippen LogP) is 4.85. The van der Waals surface area contributed by atoms with E-state index in [2.05, 4.69) is 29.2 Å². The number of hydrogen-bond acceptors (Lipinski definition) is 3. The number of rotatable bonds is 6. The molecule has 1 aliphatic heterocycles. The number of piperidine rings is 1. The van der Waals surface area contributed by atoms with Crippen molar-refractivity contribution in [2.45, 2.75) is 25.0 Å². The molecule has 1 saturated heterocycles. The zero-order valence-corrected chi connectivity index (χ0v) is 16.3. The second kappa shape index (κ2) is 8.50. The minimum Gasteiger partial charge on any atom is -0.478 e. The van der Waals surface area contributed by atoms with Crippen LogP contribution in [0.4, 0.5) is 0 Å². The molecular formula is C25H25NO3. The SMILES string of the molecule is O=C(O)[C@]1(Oc2ccc(-c3ccccc3)cc2)CCCN(Cc2ccccc2)C1. The molecule has 0 unspecified atom stereocenters. The molecule has 1 atom stereocenters. The third kappa shape index (κ3) is 4.49. The van der Waals surface area contributed by atoms with E-state index in [1.807, 2.05) is 60.7 Å². The van der Waals surface area contributed by atoms with Crippen molar-refractivity contribution < 1.29 is 14.6 Å². The van der Waals surface area contributed by atoms with Crippen molar-refractivity contribution in [1.82, 2.24) is 4.90 Å². The predicted molar refractivity (Wildman–Crippen MR) is 114 cm³/mol. The van der Waals surface area contributed by atoms with Gasteiger partial charge in [-0.25, -0.2) is 4.79 Å². The van der Waals surface area contributed by atoms with Crippen LogP contribution in [0.25, 0.3) is 11.1 Å². The molecule has 29 heavy (non-hydrogen) atoms. The van der Waals surface area contributed by atoms with Gasteiger partial charge in [-0.05, 0) is 41.8 Å². The van der Waals surface area contributed by atoms with Crippen LogP contribution in [-0.4, -0.2) is 34.7 Å². The van der Waals surface area contributed by atoms with E-state index in [0.29, 0.717) is 18.7 Å². The molecule has 4 nitrogen and oxygen atoms in total. The van der Waals surface area contributed by atoms with Gasteiger partial charge >= 0.3 is 5.97 Å². The van der Waals surface area contributed by atoms with E-state index >= 15 is 0 Å². The van der Waals surface area contributed by atoms with Gasteiger partial charge in [-0.15, -0.1) is 0 Å². The maximum atomic E-state index is 12.2. The average Bonchev–Trinajstić information content (AvgIpc) is 2.76. The highest BCUT2D eigenvalue weighted by Gasteiger charge is 2.45. The molecule has 1 fully saturated rings. The molecule has 4 heteroatoms. The molecular weight excluding hydrogens is 362 g/mol. The fourth-order valence-corrected chi connectivity index (χ4v) is 3.96. The van der Waals surface area contributed by atoms with E-state index in [1.165, 1.54) is 5.56 Å². The van der Waals surface area contributed by atoms with Crippen LogP contribution in [0.5, 0.6) is 5.75 Å². The van der Waals surface area contributed by atoms with Crippen molar-refractivity contribution in [2.75, 3.05) is 13.1 Å². The summed E-state index contributed by atoms with van der Waals surface area (Å²) in [6, 6.07) is 27.9. The Morgan fingerprint density at radius 2 is 1.52 bits per heavy atom. The molecule has 0 aliphatic carbocycles. The van der Waals surface area contributed by atoms with Crippen LogP contribution in [-0.2, 0) is 11.3 Å². The third-order valence-corrected chi connectivity index (χ3v) is 5.45. The second-order valence-electron chi connectivity index (χ2n) is 7.59. The third-order valence-electron chi connectivity index (χ3n) is 5.45. The normalized spacial score (nSPS) is 19.6. The minimum atomic E-state index is -1.22. The molecule has 0 radical (unpaired) electrons. The Morgan fingerprint density at radius 1 is 0.897 bits per heavy atom. The second-order valence-corrected chi connectivity index (χ2v) is 7.59.